The van der Waals surface area contributed by atoms with Crippen LogP contribution in [0.1, 0.15) is 11.6 Å². The van der Waals surface area contributed by atoms with Crippen molar-refractivity contribution < 1.29 is 0 Å². The number of hydrogen-bond donors (Lipinski definition) is 2. The number of allylic oxidation sites excluding steroid dienone is 2. The van der Waals surface area contributed by atoms with E-state index in [0.717, 1.165) is 12.1 Å². The molecule has 2 rings (SSSR count). The molecule has 72 valence electrons. The maximum Gasteiger partial charge on any atom is 0.0531 e. The average Bonchev–Trinajstić information content (AvgIpc) is 2.30. The molecule has 3 N–H and O–H groups in total. The summed E-state index contributed by atoms with van der Waals surface area (Å²) in [5, 5.41) is 3.16. The predicted molar refractivity (Wildman–Crippen MR) is 58.6 cm³/mol. The Morgan fingerprint density at radius 3 is 2.64 bits per heavy atom. The van der Waals surface area contributed by atoms with Crippen molar-refractivity contribution >= 4 is 0 Å². The smallest absolute Gasteiger partial charge is 0.0531 e. The van der Waals surface area contributed by atoms with Crippen molar-refractivity contribution in [1.82, 2.24) is 5.32 Å². The number of nitrogens with one attached hydrogen (secondary N) is 1. The Balaban J connectivity index is 2.19. The SMILES string of the molecule is NC(C1=CC=CNC1)c1ccccc1. The van der Waals surface area contributed by atoms with Crippen LogP contribution in [0.15, 0.2) is 54.3 Å². The molecule has 0 aliphatic carbocycles. The van der Waals surface area contributed by atoms with Crippen LogP contribution in [0, 0.1) is 0 Å². The summed E-state index contributed by atoms with van der Waals surface area (Å²) in [7, 11) is 0. The summed E-state index contributed by atoms with van der Waals surface area (Å²) < 4.78 is 0. The molecule has 0 bridgehead atoms. The molecule has 2 heteroatoms. The van der Waals surface area contributed by atoms with Gasteiger partial charge in [-0.3, -0.25) is 0 Å². The number of dihydropyridines is 1. The van der Waals surface area contributed by atoms with E-state index in [-0.39, 0.29) is 6.04 Å². The Morgan fingerprint density at radius 1 is 1.21 bits per heavy atom. The topological polar surface area (TPSA) is 38.0 Å². The highest BCUT2D eigenvalue weighted by molar-refractivity contribution is 5.31. The molecule has 14 heavy (non-hydrogen) atoms. The first-order valence-electron chi connectivity index (χ1n) is 4.77. The summed E-state index contributed by atoms with van der Waals surface area (Å²) in [6.45, 7) is 0.840. The maximum atomic E-state index is 6.13. The summed E-state index contributed by atoms with van der Waals surface area (Å²) >= 11 is 0. The minimum Gasteiger partial charge on any atom is -0.387 e. The molecular formula is C12H14N2. The average molecular weight is 186 g/mol. The second-order valence-electron chi connectivity index (χ2n) is 3.37. The molecule has 0 saturated carbocycles. The van der Waals surface area contributed by atoms with E-state index in [1.54, 1.807) is 0 Å². The van der Waals surface area contributed by atoms with Crippen LogP contribution in [0.25, 0.3) is 0 Å². The van der Waals surface area contributed by atoms with Crippen LogP contribution in [-0.2, 0) is 0 Å². The Morgan fingerprint density at radius 2 is 2.00 bits per heavy atom. The molecule has 0 fully saturated rings. The highest BCUT2D eigenvalue weighted by Crippen LogP contribution is 2.19. The van der Waals surface area contributed by atoms with Gasteiger partial charge in [0.1, 0.15) is 0 Å². The van der Waals surface area contributed by atoms with Gasteiger partial charge in [-0.1, -0.05) is 36.4 Å². The molecule has 0 radical (unpaired) electrons. The Kier molecular flexibility index (Phi) is 2.65. The third-order valence-corrected chi connectivity index (χ3v) is 2.39. The molecule has 1 unspecified atom stereocenters. The largest absolute Gasteiger partial charge is 0.387 e. The van der Waals surface area contributed by atoms with E-state index in [1.165, 1.54) is 5.57 Å². The lowest BCUT2D eigenvalue weighted by Gasteiger charge is -2.18. The number of hydrogen-bond acceptors (Lipinski definition) is 2. The van der Waals surface area contributed by atoms with E-state index in [0.29, 0.717) is 0 Å². The molecule has 1 heterocycles. The fourth-order valence-corrected chi connectivity index (χ4v) is 1.56. The second-order valence-corrected chi connectivity index (χ2v) is 3.37. The molecule has 0 aromatic heterocycles. The summed E-state index contributed by atoms with van der Waals surface area (Å²) in [5.74, 6) is 0. The zero-order valence-electron chi connectivity index (χ0n) is 7.98. The molecule has 1 atom stereocenters. The van der Waals surface area contributed by atoms with Crippen molar-refractivity contribution in [3.63, 3.8) is 0 Å². The highest BCUT2D eigenvalue weighted by atomic mass is 14.8. The van der Waals surface area contributed by atoms with Gasteiger partial charge in [0.25, 0.3) is 0 Å². The quantitative estimate of drug-likeness (QED) is 0.738. The molecule has 1 aliphatic rings. The molecule has 0 amide bonds. The van der Waals surface area contributed by atoms with Crippen molar-refractivity contribution in [2.45, 2.75) is 6.04 Å². The third-order valence-electron chi connectivity index (χ3n) is 2.39. The first kappa shape index (κ1) is 9.03. The molecule has 1 aliphatic heterocycles. The van der Waals surface area contributed by atoms with Gasteiger partial charge < -0.3 is 11.1 Å². The van der Waals surface area contributed by atoms with E-state index in [4.69, 9.17) is 5.73 Å². The van der Waals surface area contributed by atoms with Gasteiger partial charge in [0.2, 0.25) is 0 Å². The van der Waals surface area contributed by atoms with Crippen LogP contribution in [0.3, 0.4) is 0 Å². The minimum absolute atomic E-state index is 0.00801. The van der Waals surface area contributed by atoms with Crippen LogP contribution in [-0.4, -0.2) is 6.54 Å². The van der Waals surface area contributed by atoms with Gasteiger partial charge in [0.05, 0.1) is 6.04 Å². The van der Waals surface area contributed by atoms with Crippen molar-refractivity contribution in [2.24, 2.45) is 5.73 Å². The van der Waals surface area contributed by atoms with Crippen LogP contribution in [0.5, 0.6) is 0 Å². The lowest BCUT2D eigenvalue weighted by atomic mass is 9.98. The highest BCUT2D eigenvalue weighted by Gasteiger charge is 2.11. The standard InChI is InChI=1S/C12H14N2/c13-12(10-5-2-1-3-6-10)11-7-4-8-14-9-11/h1-8,12,14H,9,13H2. The van der Waals surface area contributed by atoms with Crippen molar-refractivity contribution in [1.29, 1.82) is 0 Å². The predicted octanol–water partition coefficient (Wildman–Crippen LogP) is 1.73. The zero-order chi connectivity index (χ0) is 9.80. The number of benzene rings is 1. The summed E-state index contributed by atoms with van der Waals surface area (Å²) in [4.78, 5) is 0. The molecule has 0 spiro atoms. The fourth-order valence-electron chi connectivity index (χ4n) is 1.56. The van der Waals surface area contributed by atoms with E-state index in [2.05, 4.69) is 23.5 Å². The van der Waals surface area contributed by atoms with Crippen LogP contribution in [0.4, 0.5) is 0 Å². The van der Waals surface area contributed by atoms with Crippen molar-refractivity contribution in [3.05, 3.63) is 59.8 Å². The van der Waals surface area contributed by atoms with E-state index < -0.39 is 0 Å². The molecule has 1 aromatic rings. The normalized spacial score (nSPS) is 17.1. The lowest BCUT2D eigenvalue weighted by molar-refractivity contribution is 0.768. The van der Waals surface area contributed by atoms with Gasteiger partial charge in [0, 0.05) is 6.54 Å². The Hall–Kier alpha value is -1.54. The van der Waals surface area contributed by atoms with Gasteiger partial charge in [0.15, 0.2) is 0 Å². The first-order chi connectivity index (χ1) is 6.88. The van der Waals surface area contributed by atoms with E-state index >= 15 is 0 Å². The zero-order valence-corrected chi connectivity index (χ0v) is 7.98. The van der Waals surface area contributed by atoms with E-state index in [1.807, 2.05) is 30.5 Å². The van der Waals surface area contributed by atoms with Gasteiger partial charge >= 0.3 is 0 Å². The van der Waals surface area contributed by atoms with E-state index in [9.17, 15) is 0 Å². The van der Waals surface area contributed by atoms with Crippen molar-refractivity contribution in [3.8, 4) is 0 Å². The van der Waals surface area contributed by atoms with Crippen LogP contribution in [0.2, 0.25) is 0 Å². The summed E-state index contributed by atoms with van der Waals surface area (Å²) in [5.41, 5.74) is 8.51. The van der Waals surface area contributed by atoms with Gasteiger partial charge in [-0.05, 0) is 23.4 Å². The molecular weight excluding hydrogens is 172 g/mol. The minimum atomic E-state index is 0.00801. The third kappa shape index (κ3) is 1.86. The molecule has 1 aromatic carbocycles. The first-order valence-corrected chi connectivity index (χ1v) is 4.77. The van der Waals surface area contributed by atoms with Gasteiger partial charge in [-0.15, -0.1) is 0 Å². The van der Waals surface area contributed by atoms with Gasteiger partial charge in [-0.25, -0.2) is 0 Å². The lowest BCUT2D eigenvalue weighted by Crippen LogP contribution is -2.22. The molecule has 2 nitrogen and oxygen atoms in total. The number of rotatable bonds is 2. The summed E-state index contributed by atoms with van der Waals surface area (Å²) in [6, 6.07) is 10.2. The monoisotopic (exact) mass is 186 g/mol. The van der Waals surface area contributed by atoms with Crippen molar-refractivity contribution in [2.75, 3.05) is 6.54 Å². The van der Waals surface area contributed by atoms with Gasteiger partial charge in [-0.2, -0.15) is 0 Å². The second kappa shape index (κ2) is 4.11. The molecule has 0 saturated heterocycles. The fraction of sp³-hybridized carbons (Fsp3) is 0.167. The van der Waals surface area contributed by atoms with Crippen LogP contribution >= 0.6 is 0 Å². The Labute approximate surface area is 84.1 Å². The number of nitrogens with two attached hydrogens (primary N) is 1. The maximum absolute atomic E-state index is 6.13. The Bertz CT molecular complexity index is 352. The van der Waals surface area contributed by atoms with Crippen LogP contribution < -0.4 is 11.1 Å². The summed E-state index contributed by atoms with van der Waals surface area (Å²) in [6.07, 6.45) is 6.00.